The number of halogens is 1. The minimum Gasteiger partial charge on any atom is -0.490 e. The van der Waals surface area contributed by atoms with Gasteiger partial charge in [-0.15, -0.1) is 35.3 Å². The van der Waals surface area contributed by atoms with E-state index in [1.807, 2.05) is 12.1 Å². The Morgan fingerprint density at radius 2 is 1.96 bits per heavy atom. The first-order chi connectivity index (χ1) is 12.7. The molecule has 0 radical (unpaired) electrons. The highest BCUT2D eigenvalue weighted by Gasteiger charge is 2.11. The number of aromatic nitrogens is 1. The number of nitrogens with zero attached hydrogens (tertiary/aromatic N) is 2. The lowest BCUT2D eigenvalue weighted by molar-refractivity contribution is 0.297. The van der Waals surface area contributed by atoms with E-state index >= 15 is 0 Å². The number of fused-ring (bicyclic) bond motifs is 1. The van der Waals surface area contributed by atoms with Crippen molar-refractivity contribution in [3.63, 3.8) is 0 Å². The average molecular weight is 502 g/mol. The van der Waals surface area contributed by atoms with Gasteiger partial charge < -0.3 is 20.1 Å². The number of benzene rings is 1. The molecule has 0 spiro atoms. The number of ether oxygens (including phenoxy) is 2. The molecule has 8 heteroatoms. The van der Waals surface area contributed by atoms with Gasteiger partial charge in [-0.25, -0.2) is 4.98 Å². The summed E-state index contributed by atoms with van der Waals surface area (Å²) in [5, 5.41) is 7.83. The second kappa shape index (κ2) is 10.7. The molecule has 0 fully saturated rings. The molecule has 0 amide bonds. The van der Waals surface area contributed by atoms with E-state index in [1.165, 1.54) is 4.88 Å². The molecule has 0 atom stereocenters. The van der Waals surface area contributed by atoms with Crippen LogP contribution < -0.4 is 20.1 Å². The number of rotatable bonds is 5. The van der Waals surface area contributed by atoms with Crippen LogP contribution in [-0.2, 0) is 13.0 Å². The molecular weight excluding hydrogens is 475 g/mol. The quantitative estimate of drug-likeness (QED) is 0.373. The monoisotopic (exact) mass is 502 g/mol. The molecular formula is C19H27IN4O2S. The summed E-state index contributed by atoms with van der Waals surface area (Å²) in [7, 11) is 1.78. The highest BCUT2D eigenvalue weighted by atomic mass is 127. The highest BCUT2D eigenvalue weighted by molar-refractivity contribution is 14.0. The average Bonchev–Trinajstić information content (AvgIpc) is 2.84. The fourth-order valence-electron chi connectivity index (χ4n) is 2.66. The van der Waals surface area contributed by atoms with Gasteiger partial charge in [0.15, 0.2) is 17.5 Å². The zero-order chi connectivity index (χ0) is 18.4. The lowest BCUT2D eigenvalue weighted by atomic mass is 10.2. The van der Waals surface area contributed by atoms with E-state index in [-0.39, 0.29) is 24.0 Å². The van der Waals surface area contributed by atoms with Gasteiger partial charge in [0.25, 0.3) is 0 Å². The third-order valence-corrected chi connectivity index (χ3v) is 5.33. The Balaban J connectivity index is 0.00000261. The van der Waals surface area contributed by atoms with Crippen molar-refractivity contribution in [3.8, 4) is 11.5 Å². The smallest absolute Gasteiger partial charge is 0.191 e. The van der Waals surface area contributed by atoms with E-state index in [1.54, 1.807) is 18.4 Å². The van der Waals surface area contributed by atoms with Crippen LogP contribution in [0.4, 0.5) is 0 Å². The summed E-state index contributed by atoms with van der Waals surface area (Å²) in [6, 6.07) is 6.05. The lowest BCUT2D eigenvalue weighted by Gasteiger charge is -2.13. The third kappa shape index (κ3) is 6.24. The summed E-state index contributed by atoms with van der Waals surface area (Å²) < 4.78 is 11.4. The van der Waals surface area contributed by atoms with E-state index in [0.29, 0.717) is 19.8 Å². The fraction of sp³-hybridized carbons (Fsp3) is 0.474. The van der Waals surface area contributed by atoms with Crippen molar-refractivity contribution in [2.24, 2.45) is 4.99 Å². The molecule has 1 aromatic heterocycles. The number of thiazole rings is 1. The normalized spacial score (nSPS) is 13.5. The summed E-state index contributed by atoms with van der Waals surface area (Å²) in [5.41, 5.74) is 2.25. The molecule has 6 nitrogen and oxygen atoms in total. The number of guanidine groups is 1. The largest absolute Gasteiger partial charge is 0.490 e. The molecule has 2 aromatic rings. The predicted molar refractivity (Wildman–Crippen MR) is 121 cm³/mol. The summed E-state index contributed by atoms with van der Waals surface area (Å²) in [6.45, 7) is 7.04. The van der Waals surface area contributed by atoms with Crippen molar-refractivity contribution in [1.29, 1.82) is 0 Å². The summed E-state index contributed by atoms with van der Waals surface area (Å²) in [4.78, 5) is 10.1. The molecule has 3 rings (SSSR count). The van der Waals surface area contributed by atoms with Gasteiger partial charge >= 0.3 is 0 Å². The third-order valence-electron chi connectivity index (χ3n) is 4.20. The molecule has 0 saturated heterocycles. The molecule has 0 aliphatic carbocycles. The number of aliphatic imine (C=N–C) groups is 1. The second-order valence-electron chi connectivity index (χ2n) is 6.18. The Bertz CT molecular complexity index is 760. The molecule has 2 heterocycles. The molecule has 0 unspecified atom stereocenters. The zero-order valence-electron chi connectivity index (χ0n) is 16.0. The Morgan fingerprint density at radius 1 is 1.19 bits per heavy atom. The van der Waals surface area contributed by atoms with E-state index in [4.69, 9.17) is 9.47 Å². The first-order valence-electron chi connectivity index (χ1n) is 8.91. The van der Waals surface area contributed by atoms with Crippen molar-refractivity contribution in [2.45, 2.75) is 33.2 Å². The predicted octanol–water partition coefficient (Wildman–Crippen LogP) is 3.45. The van der Waals surface area contributed by atoms with E-state index in [2.05, 4.69) is 40.5 Å². The lowest BCUT2D eigenvalue weighted by Crippen LogP contribution is -2.37. The zero-order valence-corrected chi connectivity index (χ0v) is 19.1. The van der Waals surface area contributed by atoms with Gasteiger partial charge in [-0.1, -0.05) is 6.07 Å². The molecule has 27 heavy (non-hydrogen) atoms. The molecule has 0 saturated carbocycles. The SMILES string of the molecule is CN=C(NCCc1nc(C)c(C)s1)NCc1ccc2c(c1)OCCCO2.I. The Labute approximate surface area is 181 Å². The van der Waals surface area contributed by atoms with Crippen LogP contribution in [0.25, 0.3) is 0 Å². The van der Waals surface area contributed by atoms with Crippen LogP contribution in [0.2, 0.25) is 0 Å². The molecule has 2 N–H and O–H groups in total. The van der Waals surface area contributed by atoms with Gasteiger partial charge in [-0.2, -0.15) is 0 Å². The molecule has 1 aliphatic heterocycles. The van der Waals surface area contributed by atoms with Crippen molar-refractivity contribution in [2.75, 3.05) is 26.8 Å². The van der Waals surface area contributed by atoms with Crippen LogP contribution in [-0.4, -0.2) is 37.7 Å². The van der Waals surface area contributed by atoms with Crippen molar-refractivity contribution >= 4 is 41.3 Å². The minimum absolute atomic E-state index is 0. The minimum atomic E-state index is 0. The first-order valence-corrected chi connectivity index (χ1v) is 9.73. The number of hydrogen-bond acceptors (Lipinski definition) is 5. The van der Waals surface area contributed by atoms with Crippen molar-refractivity contribution < 1.29 is 9.47 Å². The van der Waals surface area contributed by atoms with Gasteiger partial charge in [0.1, 0.15) is 0 Å². The van der Waals surface area contributed by atoms with Crippen molar-refractivity contribution in [1.82, 2.24) is 15.6 Å². The molecule has 148 valence electrons. The molecule has 1 aliphatic rings. The van der Waals surface area contributed by atoms with E-state index < -0.39 is 0 Å². The van der Waals surface area contributed by atoms with E-state index in [9.17, 15) is 0 Å². The van der Waals surface area contributed by atoms with Crippen LogP contribution in [0.3, 0.4) is 0 Å². The van der Waals surface area contributed by atoms with Crippen LogP contribution in [0.15, 0.2) is 23.2 Å². The van der Waals surface area contributed by atoms with Crippen molar-refractivity contribution in [3.05, 3.63) is 39.3 Å². The highest BCUT2D eigenvalue weighted by Crippen LogP contribution is 2.30. The summed E-state index contributed by atoms with van der Waals surface area (Å²) >= 11 is 1.76. The maximum atomic E-state index is 5.74. The van der Waals surface area contributed by atoms with Crippen LogP contribution in [0.1, 0.15) is 27.6 Å². The maximum Gasteiger partial charge on any atom is 0.191 e. The molecule has 0 bridgehead atoms. The second-order valence-corrected chi connectivity index (χ2v) is 7.47. The Kier molecular flexibility index (Phi) is 8.62. The van der Waals surface area contributed by atoms with Crippen LogP contribution in [0, 0.1) is 13.8 Å². The molecule has 1 aromatic carbocycles. The van der Waals surface area contributed by atoms with Crippen LogP contribution in [0.5, 0.6) is 11.5 Å². The van der Waals surface area contributed by atoms with Gasteiger partial charge in [-0.05, 0) is 31.5 Å². The fourth-order valence-corrected chi connectivity index (χ4v) is 3.59. The Morgan fingerprint density at radius 3 is 2.67 bits per heavy atom. The number of nitrogens with one attached hydrogen (secondary N) is 2. The number of hydrogen-bond donors (Lipinski definition) is 2. The standard InChI is InChI=1S/C19H26N4O2S.HI/c1-13-14(2)26-18(23-13)7-8-21-19(20-3)22-12-15-5-6-16-17(11-15)25-10-4-9-24-16;/h5-6,11H,4,7-10,12H2,1-3H3,(H2,20,21,22);1H. The summed E-state index contributed by atoms with van der Waals surface area (Å²) in [5.74, 6) is 2.42. The van der Waals surface area contributed by atoms with E-state index in [0.717, 1.165) is 53.1 Å². The van der Waals surface area contributed by atoms with Gasteiger partial charge in [0, 0.05) is 37.9 Å². The van der Waals surface area contributed by atoms with Crippen LogP contribution >= 0.6 is 35.3 Å². The van der Waals surface area contributed by atoms with Gasteiger partial charge in [0.2, 0.25) is 0 Å². The first kappa shape index (κ1) is 21.7. The Hall–Kier alpha value is -1.55. The maximum absolute atomic E-state index is 5.74. The topological polar surface area (TPSA) is 67.8 Å². The summed E-state index contributed by atoms with van der Waals surface area (Å²) in [6.07, 6.45) is 1.81. The number of aryl methyl sites for hydroxylation is 2. The van der Waals surface area contributed by atoms with Gasteiger partial charge in [0.05, 0.1) is 23.9 Å². The van der Waals surface area contributed by atoms with Gasteiger partial charge in [-0.3, -0.25) is 4.99 Å².